The second kappa shape index (κ2) is 6.86. The van der Waals surface area contributed by atoms with Crippen LogP contribution < -0.4 is 10.5 Å². The number of benzene rings is 1. The summed E-state index contributed by atoms with van der Waals surface area (Å²) in [6.07, 6.45) is 0.319. The molecule has 2 heterocycles. The Morgan fingerprint density at radius 1 is 1.21 bits per heavy atom. The number of fused-ring (bicyclic) bond motifs is 1. The molecule has 0 fully saturated rings. The Bertz CT molecular complexity index is 817. The number of nitrogens with zero attached hydrogens (tertiary/aromatic N) is 4. The maximum Gasteiger partial charge on any atom is 0.276 e. The summed E-state index contributed by atoms with van der Waals surface area (Å²) in [5, 5.41) is 0. The maximum absolute atomic E-state index is 12.7. The van der Waals surface area contributed by atoms with Crippen molar-refractivity contribution in [2.75, 3.05) is 38.6 Å². The summed E-state index contributed by atoms with van der Waals surface area (Å²) in [7, 11) is 3.99. The van der Waals surface area contributed by atoms with Gasteiger partial charge in [-0.1, -0.05) is 30.3 Å². The van der Waals surface area contributed by atoms with Crippen molar-refractivity contribution in [2.24, 2.45) is 0 Å². The number of anilines is 1. The van der Waals surface area contributed by atoms with Crippen LogP contribution in [0.1, 0.15) is 11.2 Å². The fourth-order valence-electron chi connectivity index (χ4n) is 2.69. The quantitative estimate of drug-likeness (QED) is 0.799. The van der Waals surface area contributed by atoms with Crippen molar-refractivity contribution in [1.29, 1.82) is 0 Å². The molecule has 2 aromatic rings. The minimum atomic E-state index is -0.349. The molecule has 3 rings (SSSR count). The summed E-state index contributed by atoms with van der Waals surface area (Å²) < 4.78 is 1.51. The Balaban J connectivity index is 2.13. The van der Waals surface area contributed by atoms with Crippen LogP contribution in [0.4, 0.5) is 5.95 Å². The molecule has 126 valence electrons. The fourth-order valence-corrected chi connectivity index (χ4v) is 3.18. The van der Waals surface area contributed by atoms with Crippen LogP contribution in [0.15, 0.2) is 39.6 Å². The minimum Gasteiger partial charge on any atom is -0.340 e. The van der Waals surface area contributed by atoms with Gasteiger partial charge in [0.1, 0.15) is 4.47 Å². The molecule has 0 amide bonds. The van der Waals surface area contributed by atoms with E-state index in [1.54, 1.807) is 0 Å². The van der Waals surface area contributed by atoms with Crippen molar-refractivity contribution >= 4 is 27.8 Å². The number of aromatic nitrogens is 2. The molecule has 6 nitrogen and oxygen atoms in total. The first kappa shape index (κ1) is 16.9. The Morgan fingerprint density at radius 2 is 1.92 bits per heavy atom. The van der Waals surface area contributed by atoms with Crippen LogP contribution in [0.2, 0.25) is 0 Å². The van der Waals surface area contributed by atoms with Gasteiger partial charge in [0, 0.05) is 31.6 Å². The molecule has 1 aliphatic heterocycles. The molecule has 0 radical (unpaired) electrons. The second-order valence-corrected chi connectivity index (χ2v) is 6.81. The Labute approximate surface area is 148 Å². The van der Waals surface area contributed by atoms with E-state index in [0.717, 1.165) is 12.1 Å². The summed E-state index contributed by atoms with van der Waals surface area (Å²) in [6.45, 7) is 2.11. The number of carbonyl (C=O) groups is 1. The molecular weight excluding hydrogens is 372 g/mol. The highest BCUT2D eigenvalue weighted by Gasteiger charge is 2.28. The molecule has 0 saturated carbocycles. The molecule has 7 heteroatoms. The van der Waals surface area contributed by atoms with Crippen molar-refractivity contribution in [3.8, 4) is 11.3 Å². The molecule has 0 aliphatic carbocycles. The second-order valence-electron chi connectivity index (χ2n) is 6.02. The first-order valence-electron chi connectivity index (χ1n) is 7.80. The zero-order valence-corrected chi connectivity index (χ0v) is 15.3. The number of rotatable bonds is 4. The Morgan fingerprint density at radius 3 is 2.58 bits per heavy atom. The van der Waals surface area contributed by atoms with Gasteiger partial charge in [0.15, 0.2) is 0 Å². The highest BCUT2D eigenvalue weighted by molar-refractivity contribution is 9.10. The van der Waals surface area contributed by atoms with E-state index < -0.39 is 0 Å². The van der Waals surface area contributed by atoms with Gasteiger partial charge in [-0.2, -0.15) is 0 Å². The van der Waals surface area contributed by atoms with Crippen molar-refractivity contribution in [3.63, 3.8) is 0 Å². The lowest BCUT2D eigenvalue weighted by atomic mass is 10.1. The third-order valence-electron chi connectivity index (χ3n) is 4.00. The maximum atomic E-state index is 12.7. The summed E-state index contributed by atoms with van der Waals surface area (Å²) in [4.78, 5) is 33.7. The van der Waals surface area contributed by atoms with Gasteiger partial charge < -0.3 is 9.80 Å². The molecule has 0 unspecified atom stereocenters. The van der Waals surface area contributed by atoms with E-state index >= 15 is 0 Å². The van der Waals surface area contributed by atoms with E-state index in [1.165, 1.54) is 4.57 Å². The molecule has 0 saturated heterocycles. The Kier molecular flexibility index (Phi) is 4.82. The van der Waals surface area contributed by atoms with Gasteiger partial charge in [0.25, 0.3) is 5.56 Å². The van der Waals surface area contributed by atoms with Crippen LogP contribution in [0.25, 0.3) is 11.3 Å². The zero-order chi connectivity index (χ0) is 17.3. The zero-order valence-electron chi connectivity index (χ0n) is 13.7. The number of hydrogen-bond acceptors (Lipinski definition) is 5. The van der Waals surface area contributed by atoms with Crippen LogP contribution >= 0.6 is 15.9 Å². The van der Waals surface area contributed by atoms with Crippen LogP contribution in [0.5, 0.6) is 0 Å². The Hall–Kier alpha value is -1.99. The molecule has 0 atom stereocenters. The molecule has 0 spiro atoms. The lowest BCUT2D eigenvalue weighted by Crippen LogP contribution is -2.45. The number of halogens is 1. The van der Waals surface area contributed by atoms with Crippen molar-refractivity contribution in [2.45, 2.75) is 6.42 Å². The average molecular weight is 391 g/mol. The fraction of sp³-hybridized carbons (Fsp3) is 0.353. The van der Waals surface area contributed by atoms with E-state index in [2.05, 4.69) is 25.8 Å². The summed E-state index contributed by atoms with van der Waals surface area (Å²) in [5.74, 6) is 0.226. The molecule has 1 aromatic carbocycles. The number of hydrogen-bond donors (Lipinski definition) is 0. The van der Waals surface area contributed by atoms with Gasteiger partial charge in [-0.05, 0) is 30.0 Å². The summed E-state index contributed by atoms with van der Waals surface area (Å²) in [5.41, 5.74) is 1.06. The van der Waals surface area contributed by atoms with Gasteiger partial charge in [0.2, 0.25) is 11.9 Å². The van der Waals surface area contributed by atoms with E-state index in [-0.39, 0.29) is 11.5 Å². The molecule has 1 aromatic heterocycles. The summed E-state index contributed by atoms with van der Waals surface area (Å²) in [6, 6.07) is 9.51. The molecule has 24 heavy (non-hydrogen) atoms. The van der Waals surface area contributed by atoms with E-state index in [0.29, 0.717) is 35.6 Å². The number of likely N-dealkylation sites (N-methyl/N-ethyl adjacent to an activating group) is 1. The molecule has 0 N–H and O–H groups in total. The molecular formula is C17H19BrN4O2. The van der Waals surface area contributed by atoms with E-state index in [1.807, 2.05) is 49.3 Å². The monoisotopic (exact) mass is 390 g/mol. The van der Waals surface area contributed by atoms with Crippen LogP contribution in [0, 0.1) is 0 Å². The normalized spacial score (nSPS) is 14.2. The molecule has 0 bridgehead atoms. The van der Waals surface area contributed by atoms with Gasteiger partial charge in [-0.25, -0.2) is 9.55 Å². The SMILES string of the molecule is CN(C)CCN1CCC(=O)n2c1nc(-c1ccccc1)c(Br)c2=O. The topological polar surface area (TPSA) is 58.4 Å². The smallest absolute Gasteiger partial charge is 0.276 e. The average Bonchev–Trinajstić information content (AvgIpc) is 2.57. The van der Waals surface area contributed by atoms with Gasteiger partial charge in [-0.15, -0.1) is 0 Å². The largest absolute Gasteiger partial charge is 0.340 e. The van der Waals surface area contributed by atoms with Gasteiger partial charge in [-0.3, -0.25) is 9.59 Å². The van der Waals surface area contributed by atoms with E-state index in [4.69, 9.17) is 0 Å². The standard InChI is InChI=1S/C17H19BrN4O2/c1-20(2)10-11-21-9-8-13(23)22-16(24)14(18)15(19-17(21)22)12-6-4-3-5-7-12/h3-7H,8-11H2,1-2H3. The first-order chi connectivity index (χ1) is 11.5. The number of carbonyl (C=O) groups excluding carboxylic acids is 1. The van der Waals surface area contributed by atoms with Gasteiger partial charge in [0.05, 0.1) is 5.69 Å². The first-order valence-corrected chi connectivity index (χ1v) is 8.59. The molecule has 1 aliphatic rings. The van der Waals surface area contributed by atoms with Crippen LogP contribution in [-0.4, -0.2) is 54.1 Å². The summed E-state index contributed by atoms with van der Waals surface area (Å²) >= 11 is 3.33. The lowest BCUT2D eigenvalue weighted by molar-refractivity contribution is 0.0889. The highest BCUT2D eigenvalue weighted by Crippen LogP contribution is 2.27. The third kappa shape index (κ3) is 3.14. The third-order valence-corrected chi connectivity index (χ3v) is 4.72. The van der Waals surface area contributed by atoms with Crippen LogP contribution in [-0.2, 0) is 0 Å². The van der Waals surface area contributed by atoms with Crippen molar-refractivity contribution in [3.05, 3.63) is 45.2 Å². The van der Waals surface area contributed by atoms with Crippen LogP contribution in [0.3, 0.4) is 0 Å². The predicted octanol–water partition coefficient (Wildman–Crippen LogP) is 2.08. The van der Waals surface area contributed by atoms with Crippen molar-refractivity contribution in [1.82, 2.24) is 14.5 Å². The lowest BCUT2D eigenvalue weighted by Gasteiger charge is -2.31. The van der Waals surface area contributed by atoms with Gasteiger partial charge >= 0.3 is 0 Å². The highest BCUT2D eigenvalue weighted by atomic mass is 79.9. The predicted molar refractivity (Wildman–Crippen MR) is 97.6 cm³/mol. The minimum absolute atomic E-state index is 0.205. The van der Waals surface area contributed by atoms with E-state index in [9.17, 15) is 9.59 Å². The van der Waals surface area contributed by atoms with Crippen molar-refractivity contribution < 1.29 is 4.79 Å².